The van der Waals surface area contributed by atoms with E-state index in [2.05, 4.69) is 86.3 Å². The van der Waals surface area contributed by atoms with E-state index in [0.717, 1.165) is 0 Å². The molecule has 36 heavy (non-hydrogen) atoms. The van der Waals surface area contributed by atoms with Gasteiger partial charge in [-0.2, -0.15) is 0 Å². The van der Waals surface area contributed by atoms with Gasteiger partial charge in [-0.05, 0) is 63.9 Å². The molecular formula is C24H30B11N. The highest BCUT2D eigenvalue weighted by Gasteiger charge is 2.42. The summed E-state index contributed by atoms with van der Waals surface area (Å²) in [6.07, 6.45) is 3.97. The lowest BCUT2D eigenvalue weighted by Crippen LogP contribution is -2.55. The molecule has 1 aromatic heterocycles. The molecule has 12 heteroatoms. The van der Waals surface area contributed by atoms with Crippen molar-refractivity contribution in [3.63, 3.8) is 0 Å². The minimum Gasteiger partial charge on any atom is -0.247 e. The van der Waals surface area contributed by atoms with E-state index in [1.807, 2.05) is 0 Å². The fraction of sp³-hybridized carbons (Fsp3) is 0.208. The maximum Gasteiger partial charge on any atom is 0.139 e. The molecule has 3 aromatic carbocycles. The van der Waals surface area contributed by atoms with Crippen molar-refractivity contribution in [2.75, 3.05) is 0 Å². The maximum atomic E-state index is 5.77. The van der Waals surface area contributed by atoms with Gasteiger partial charge >= 0.3 is 0 Å². The van der Waals surface area contributed by atoms with E-state index in [4.69, 9.17) is 4.98 Å². The normalized spacial score (nSPS) is 18.3. The Balaban J connectivity index is 1.91. The second kappa shape index (κ2) is 8.02. The number of nitrogens with zero attached hydrogens (tertiary/aromatic N) is 1. The minimum atomic E-state index is 0.663. The third-order valence-electron chi connectivity index (χ3n) is 11.0. The SMILES string of the molecule is Bc1c(B)c(B)c(-c2nc3c(c(B)c(B)c4c(B)c(B)c(B)c(B)c43)c3c2C2CCC3C2)c(B)c1B. The van der Waals surface area contributed by atoms with Crippen LogP contribution in [0, 0.1) is 0 Å². The molecule has 0 N–H and O–H groups in total. The van der Waals surface area contributed by atoms with E-state index in [1.165, 1.54) is 112 Å². The van der Waals surface area contributed by atoms with Crippen LogP contribution in [-0.2, 0) is 0 Å². The monoisotopic (exact) mass is 453 g/mol. The van der Waals surface area contributed by atoms with Gasteiger partial charge in [-0.25, -0.2) is 4.98 Å². The molecule has 4 aromatic rings. The molecule has 2 aliphatic rings. The molecule has 1 heterocycles. The highest BCUT2D eigenvalue weighted by Crippen LogP contribution is 2.56. The van der Waals surface area contributed by atoms with Crippen LogP contribution in [0.5, 0.6) is 0 Å². The van der Waals surface area contributed by atoms with Gasteiger partial charge in [0.15, 0.2) is 0 Å². The molecular weight excluding hydrogens is 421 g/mol. The first-order chi connectivity index (χ1) is 17.0. The molecule has 2 unspecified atom stereocenters. The van der Waals surface area contributed by atoms with E-state index >= 15 is 0 Å². The summed E-state index contributed by atoms with van der Waals surface area (Å²) in [5, 5.41) is 4.32. The standard InChI is InChI=1S/C24H30B11N/c25-12-8-10(15(28)19(32)18(31)13(8)26)24-9(14(12)27)6-4-1-2-5(3-4)7(6)23(36-24)11-16(29)20(33)22(35)21(34)17(11)30/h4-5H,1-3,25-35H2. The molecule has 2 bridgehead atoms. The van der Waals surface area contributed by atoms with Crippen LogP contribution < -0.4 is 60.1 Å². The van der Waals surface area contributed by atoms with E-state index in [9.17, 15) is 0 Å². The lowest BCUT2D eigenvalue weighted by molar-refractivity contribution is 0.721. The van der Waals surface area contributed by atoms with E-state index in [-0.39, 0.29) is 0 Å². The highest BCUT2D eigenvalue weighted by molar-refractivity contribution is 6.71. The molecule has 164 valence electrons. The van der Waals surface area contributed by atoms with Crippen molar-refractivity contribution in [1.29, 1.82) is 0 Å². The van der Waals surface area contributed by atoms with E-state index in [1.54, 1.807) is 11.1 Å². The largest absolute Gasteiger partial charge is 0.247 e. The third kappa shape index (κ3) is 2.91. The molecule has 0 aliphatic heterocycles. The van der Waals surface area contributed by atoms with Crippen molar-refractivity contribution in [2.24, 2.45) is 0 Å². The summed E-state index contributed by atoms with van der Waals surface area (Å²) in [4.78, 5) is 5.77. The van der Waals surface area contributed by atoms with Gasteiger partial charge in [0.25, 0.3) is 0 Å². The second-order valence-corrected chi connectivity index (χ2v) is 12.2. The highest BCUT2D eigenvalue weighted by atomic mass is 14.7. The van der Waals surface area contributed by atoms with Gasteiger partial charge in [-0.1, -0.05) is 32.8 Å². The van der Waals surface area contributed by atoms with Crippen LogP contribution in [0.25, 0.3) is 32.9 Å². The van der Waals surface area contributed by atoms with Crippen molar-refractivity contribution in [3.8, 4) is 11.3 Å². The molecule has 0 radical (unpaired) electrons. The van der Waals surface area contributed by atoms with Crippen LogP contribution >= 0.6 is 0 Å². The summed E-state index contributed by atoms with van der Waals surface area (Å²) >= 11 is 0. The molecule has 2 aliphatic carbocycles. The number of hydrogen-bond acceptors (Lipinski definition) is 1. The number of pyridine rings is 1. The Morgan fingerprint density at radius 3 is 1.44 bits per heavy atom. The Bertz CT molecular complexity index is 1670. The van der Waals surface area contributed by atoms with Crippen molar-refractivity contribution in [2.45, 2.75) is 31.1 Å². The van der Waals surface area contributed by atoms with Gasteiger partial charge in [0, 0.05) is 0 Å². The maximum absolute atomic E-state index is 5.77. The zero-order valence-corrected chi connectivity index (χ0v) is 24.2. The summed E-state index contributed by atoms with van der Waals surface area (Å²) < 4.78 is 0. The molecule has 1 fully saturated rings. The van der Waals surface area contributed by atoms with Gasteiger partial charge < -0.3 is 0 Å². The van der Waals surface area contributed by atoms with Crippen LogP contribution in [0.2, 0.25) is 0 Å². The quantitative estimate of drug-likeness (QED) is 0.207. The summed E-state index contributed by atoms with van der Waals surface area (Å²) in [7, 11) is 25.5. The van der Waals surface area contributed by atoms with Gasteiger partial charge in [-0.3, -0.25) is 0 Å². The zero-order valence-electron chi connectivity index (χ0n) is 24.2. The average molecular weight is 451 g/mol. The first kappa shape index (κ1) is 24.4. The summed E-state index contributed by atoms with van der Waals surface area (Å²) in [5.74, 6) is 1.35. The zero-order chi connectivity index (χ0) is 26.0. The molecule has 0 saturated heterocycles. The number of benzene rings is 3. The van der Waals surface area contributed by atoms with Crippen LogP contribution in [-0.4, -0.2) is 91.3 Å². The predicted molar refractivity (Wildman–Crippen MR) is 194 cm³/mol. The van der Waals surface area contributed by atoms with Crippen molar-refractivity contribution in [1.82, 2.24) is 4.98 Å². The molecule has 1 saturated carbocycles. The topological polar surface area (TPSA) is 12.9 Å². The summed E-state index contributed by atoms with van der Waals surface area (Å²) in [6.45, 7) is 0. The smallest absolute Gasteiger partial charge is 0.139 e. The fourth-order valence-corrected chi connectivity index (χ4v) is 8.02. The van der Waals surface area contributed by atoms with E-state index < -0.39 is 0 Å². The predicted octanol–water partition coefficient (Wildman–Crippen LogP) is -12.7. The lowest BCUT2D eigenvalue weighted by Gasteiger charge is -2.28. The van der Waals surface area contributed by atoms with Gasteiger partial charge in [0.1, 0.15) is 86.3 Å². The number of rotatable bonds is 1. The van der Waals surface area contributed by atoms with Gasteiger partial charge in [0.2, 0.25) is 0 Å². The molecule has 0 amide bonds. The lowest BCUT2D eigenvalue weighted by atomic mass is 9.59. The first-order valence-electron chi connectivity index (χ1n) is 13.9. The van der Waals surface area contributed by atoms with Crippen molar-refractivity contribution < 1.29 is 0 Å². The number of hydrogen-bond donors (Lipinski definition) is 0. The van der Waals surface area contributed by atoms with Crippen LogP contribution in [0.3, 0.4) is 0 Å². The molecule has 6 rings (SSSR count). The van der Waals surface area contributed by atoms with Crippen molar-refractivity contribution >= 4 is 168 Å². The Hall–Kier alpha value is -1.96. The Morgan fingerprint density at radius 2 is 0.861 bits per heavy atom. The fourth-order valence-electron chi connectivity index (χ4n) is 8.02. The molecule has 1 nitrogen and oxygen atoms in total. The first-order valence-corrected chi connectivity index (χ1v) is 13.9. The number of fused-ring (bicyclic) bond motifs is 9. The average Bonchev–Trinajstić information content (AvgIpc) is 3.48. The van der Waals surface area contributed by atoms with Gasteiger partial charge in [0.05, 0.1) is 11.2 Å². The Kier molecular flexibility index (Phi) is 5.43. The third-order valence-corrected chi connectivity index (χ3v) is 11.0. The molecule has 2 atom stereocenters. The van der Waals surface area contributed by atoms with Crippen LogP contribution in [0.4, 0.5) is 0 Å². The molecule has 0 spiro atoms. The minimum absolute atomic E-state index is 0.663. The van der Waals surface area contributed by atoms with Crippen LogP contribution in [0.1, 0.15) is 42.2 Å². The Morgan fingerprint density at radius 1 is 0.444 bits per heavy atom. The van der Waals surface area contributed by atoms with Crippen molar-refractivity contribution in [3.05, 3.63) is 11.1 Å². The Labute approximate surface area is 226 Å². The van der Waals surface area contributed by atoms with E-state index in [0.29, 0.717) is 11.8 Å². The van der Waals surface area contributed by atoms with Crippen LogP contribution in [0.15, 0.2) is 0 Å². The summed E-state index contributed by atoms with van der Waals surface area (Å²) in [5.41, 5.74) is 22.9. The van der Waals surface area contributed by atoms with Gasteiger partial charge in [-0.15, -0.1) is 27.3 Å². The second-order valence-electron chi connectivity index (χ2n) is 12.2. The summed E-state index contributed by atoms with van der Waals surface area (Å²) in [6, 6.07) is 0. The number of aromatic nitrogens is 1.